The van der Waals surface area contributed by atoms with Crippen LogP contribution in [0.2, 0.25) is 0 Å². The first-order valence-electron chi connectivity index (χ1n) is 2.79. The molecule has 1 aromatic rings. The van der Waals surface area contributed by atoms with Crippen LogP contribution in [0.15, 0.2) is 12.1 Å². The smallest absolute Gasteiger partial charge is 0.211 e. The molecule has 0 spiro atoms. The minimum absolute atomic E-state index is 0.246. The van der Waals surface area contributed by atoms with E-state index in [0.29, 0.717) is 5.75 Å². The van der Waals surface area contributed by atoms with Gasteiger partial charge in [-0.3, -0.25) is 0 Å². The van der Waals surface area contributed by atoms with Gasteiger partial charge in [0.15, 0.2) is 11.5 Å². The van der Waals surface area contributed by atoms with Crippen molar-refractivity contribution in [3.63, 3.8) is 0 Å². The van der Waals surface area contributed by atoms with Crippen molar-refractivity contribution < 1.29 is 9.84 Å². The fraction of sp³-hybridized carbons (Fsp3) is 0.143. The van der Waals surface area contributed by atoms with Crippen LogP contribution in [0.5, 0.6) is 17.2 Å². The Kier molecular flexibility index (Phi) is 0.628. The van der Waals surface area contributed by atoms with Gasteiger partial charge >= 0.3 is 0 Å². The van der Waals surface area contributed by atoms with Gasteiger partial charge in [0, 0.05) is 0 Å². The van der Waals surface area contributed by atoms with Crippen LogP contribution in [-0.4, -0.2) is 5.11 Å². The molecule has 0 fully saturated rings. The maximum atomic E-state index is 8.97. The Labute approximate surface area is 52.7 Å². The summed E-state index contributed by atoms with van der Waals surface area (Å²) in [6.45, 7) is 1.95. The van der Waals surface area contributed by atoms with E-state index in [1.54, 1.807) is 6.07 Å². The third-order valence-corrected chi connectivity index (χ3v) is 1.45. The van der Waals surface area contributed by atoms with E-state index in [-0.39, 0.29) is 5.75 Å². The van der Waals surface area contributed by atoms with E-state index in [0.717, 1.165) is 11.3 Å². The molecule has 0 atom stereocenters. The third-order valence-electron chi connectivity index (χ3n) is 1.45. The molecule has 2 nitrogen and oxygen atoms in total. The summed E-state index contributed by atoms with van der Waals surface area (Å²) in [5, 5.41) is 8.97. The van der Waals surface area contributed by atoms with Gasteiger partial charge < -0.3 is 9.84 Å². The molecule has 9 heavy (non-hydrogen) atoms. The number of benzene rings is 1. The largest absolute Gasteiger partial charge is 0.504 e. The highest BCUT2D eigenvalue weighted by molar-refractivity contribution is 5.65. The Hall–Kier alpha value is -1.18. The molecule has 0 aliphatic carbocycles. The van der Waals surface area contributed by atoms with Gasteiger partial charge in [0.05, 0.1) is 0 Å². The normalized spacial score (nSPS) is 12.1. The number of aryl methyl sites for hydroxylation is 1. The molecule has 0 saturated carbocycles. The number of fused-ring (bicyclic) bond motifs is 1. The maximum absolute atomic E-state index is 8.97. The number of rotatable bonds is 0. The summed E-state index contributed by atoms with van der Waals surface area (Å²) in [6, 6.07) is 3.47. The number of ether oxygens (including phenoxy) is 1. The van der Waals surface area contributed by atoms with Crippen LogP contribution in [-0.2, 0) is 0 Å². The highest BCUT2D eigenvalue weighted by Gasteiger charge is 2.26. The van der Waals surface area contributed by atoms with Gasteiger partial charge in [-0.05, 0) is 18.6 Å². The molecule has 0 aromatic heterocycles. The Bertz CT molecular complexity index is 239. The summed E-state index contributed by atoms with van der Waals surface area (Å²) >= 11 is 0. The van der Waals surface area contributed by atoms with Crippen LogP contribution in [0.4, 0.5) is 0 Å². The van der Waals surface area contributed by atoms with E-state index >= 15 is 0 Å². The molecule has 1 aliphatic heterocycles. The van der Waals surface area contributed by atoms with Crippen molar-refractivity contribution in [3.8, 4) is 17.2 Å². The summed E-state index contributed by atoms with van der Waals surface area (Å²) < 4.78 is 4.95. The van der Waals surface area contributed by atoms with E-state index < -0.39 is 0 Å². The zero-order valence-corrected chi connectivity index (χ0v) is 5.01. The van der Waals surface area contributed by atoms with Gasteiger partial charge in [-0.1, -0.05) is 6.07 Å². The number of hydrogen-bond donors (Lipinski definition) is 1. The lowest BCUT2D eigenvalue weighted by molar-refractivity contribution is 0.463. The van der Waals surface area contributed by atoms with E-state index in [1.165, 1.54) is 0 Å². The topological polar surface area (TPSA) is 32.8 Å². The summed E-state index contributed by atoms with van der Waals surface area (Å²) in [5.41, 5.74) is 1.09. The van der Waals surface area contributed by atoms with Crippen molar-refractivity contribution in [2.75, 3.05) is 0 Å². The van der Waals surface area contributed by atoms with Crippen molar-refractivity contribution in [1.82, 2.24) is 0 Å². The van der Waals surface area contributed by atoms with Crippen LogP contribution in [0.3, 0.4) is 0 Å². The van der Waals surface area contributed by atoms with Crippen molar-refractivity contribution in [2.45, 2.75) is 6.92 Å². The first-order valence-corrected chi connectivity index (χ1v) is 2.79. The lowest BCUT2D eigenvalue weighted by Gasteiger charge is -1.82. The minimum Gasteiger partial charge on any atom is -0.504 e. The third kappa shape index (κ3) is 0.499. The molecule has 0 unspecified atom stereocenters. The first kappa shape index (κ1) is 4.68. The zero-order valence-electron chi connectivity index (χ0n) is 5.01. The lowest BCUT2D eigenvalue weighted by Crippen LogP contribution is -1.59. The average Bonchev–Trinajstić information content (AvgIpc) is 2.57. The van der Waals surface area contributed by atoms with Crippen LogP contribution >= 0.6 is 0 Å². The predicted molar refractivity (Wildman–Crippen MR) is 32.9 cm³/mol. The molecule has 1 N–H and O–H groups in total. The Balaban J connectivity index is 2.68. The van der Waals surface area contributed by atoms with E-state index in [9.17, 15) is 0 Å². The van der Waals surface area contributed by atoms with E-state index in [1.807, 2.05) is 13.0 Å². The summed E-state index contributed by atoms with van der Waals surface area (Å²) in [6.07, 6.45) is 0. The molecule has 2 heteroatoms. The van der Waals surface area contributed by atoms with E-state index in [2.05, 4.69) is 0 Å². The second-order valence-electron chi connectivity index (χ2n) is 2.16. The van der Waals surface area contributed by atoms with E-state index in [4.69, 9.17) is 9.84 Å². The summed E-state index contributed by atoms with van der Waals surface area (Å²) in [7, 11) is 0. The SMILES string of the molecule is Cc1ccc(O)c2c1O2. The van der Waals surface area contributed by atoms with Crippen molar-refractivity contribution in [3.05, 3.63) is 17.7 Å². The monoisotopic (exact) mass is 122 g/mol. The number of phenolic OH excluding ortho intramolecular Hbond substituents is 1. The lowest BCUT2D eigenvalue weighted by atomic mass is 10.2. The van der Waals surface area contributed by atoms with Crippen molar-refractivity contribution in [2.24, 2.45) is 0 Å². The molecule has 2 rings (SSSR count). The minimum atomic E-state index is 0.246. The Morgan fingerprint density at radius 1 is 1.33 bits per heavy atom. The molecule has 0 radical (unpaired) electrons. The Morgan fingerprint density at radius 2 is 2.11 bits per heavy atom. The van der Waals surface area contributed by atoms with Crippen LogP contribution in [0, 0.1) is 6.92 Å². The fourth-order valence-electron chi connectivity index (χ4n) is 0.860. The standard InChI is InChI=1S/C7H6O2/c1-4-2-3-5(8)7-6(4)9-7/h2-3,8H,1H3. The molecule has 46 valence electrons. The molecule has 0 saturated heterocycles. The first-order chi connectivity index (χ1) is 4.29. The molecular weight excluding hydrogens is 116 g/mol. The second-order valence-corrected chi connectivity index (χ2v) is 2.16. The van der Waals surface area contributed by atoms with Crippen LogP contribution < -0.4 is 4.74 Å². The molecule has 1 heterocycles. The van der Waals surface area contributed by atoms with Gasteiger partial charge in [0.2, 0.25) is 5.75 Å². The summed E-state index contributed by atoms with van der Waals surface area (Å²) in [5.74, 6) is 1.74. The van der Waals surface area contributed by atoms with Crippen molar-refractivity contribution in [1.29, 1.82) is 0 Å². The summed E-state index contributed by atoms with van der Waals surface area (Å²) in [4.78, 5) is 0. The molecule has 1 aliphatic rings. The molecule has 1 aromatic carbocycles. The van der Waals surface area contributed by atoms with Crippen molar-refractivity contribution >= 4 is 0 Å². The van der Waals surface area contributed by atoms with Gasteiger partial charge in [-0.15, -0.1) is 0 Å². The average molecular weight is 122 g/mol. The highest BCUT2D eigenvalue weighted by atomic mass is 16.6. The van der Waals surface area contributed by atoms with Gasteiger partial charge in [-0.2, -0.15) is 0 Å². The number of hydrogen-bond acceptors (Lipinski definition) is 2. The fourth-order valence-corrected chi connectivity index (χ4v) is 0.860. The zero-order chi connectivity index (χ0) is 6.43. The second kappa shape index (κ2) is 1.21. The van der Waals surface area contributed by atoms with Gasteiger partial charge in [0.25, 0.3) is 0 Å². The highest BCUT2D eigenvalue weighted by Crippen LogP contribution is 2.53. The number of aromatic hydroxyl groups is 1. The predicted octanol–water partition coefficient (Wildman–Crippen LogP) is 1.81. The maximum Gasteiger partial charge on any atom is 0.211 e. The van der Waals surface area contributed by atoms with Crippen LogP contribution in [0.25, 0.3) is 0 Å². The van der Waals surface area contributed by atoms with Crippen LogP contribution in [0.1, 0.15) is 5.56 Å². The quantitative estimate of drug-likeness (QED) is 0.540. The molecule has 0 amide bonds. The van der Waals surface area contributed by atoms with Gasteiger partial charge in [0.1, 0.15) is 0 Å². The van der Waals surface area contributed by atoms with Gasteiger partial charge in [-0.25, -0.2) is 0 Å². The molecular formula is C7H6O2. The number of phenols is 1. The Morgan fingerprint density at radius 3 is 2.78 bits per heavy atom. The molecule has 0 bridgehead atoms.